The maximum absolute atomic E-state index is 12.7. The number of carbonyl (C=O) groups is 1. The third-order valence-electron chi connectivity index (χ3n) is 4.47. The molecule has 0 aromatic heterocycles. The van der Waals surface area contributed by atoms with Gasteiger partial charge < -0.3 is 10.1 Å². The van der Waals surface area contributed by atoms with Gasteiger partial charge in [0.05, 0.1) is 18.1 Å². The standard InChI is InChI=1S/C19H22N2O4S/c1-14-6-7-16(12-15(14)2)19(22)20-17-4-3-5-18(13-17)26(23,24)21-8-10-25-11-9-21/h3-7,12-13H,8-11H2,1-2H3,(H,20,22). The van der Waals surface area contributed by atoms with Gasteiger partial charge in [0.2, 0.25) is 10.0 Å². The van der Waals surface area contributed by atoms with Crippen molar-refractivity contribution in [3.8, 4) is 0 Å². The van der Waals surface area contributed by atoms with Crippen LogP contribution >= 0.6 is 0 Å². The minimum absolute atomic E-state index is 0.164. The van der Waals surface area contributed by atoms with Crippen molar-refractivity contribution in [2.75, 3.05) is 31.6 Å². The molecular weight excluding hydrogens is 352 g/mol. The first-order valence-electron chi connectivity index (χ1n) is 8.44. The number of ether oxygens (including phenoxy) is 1. The molecule has 1 aliphatic rings. The molecule has 138 valence electrons. The summed E-state index contributed by atoms with van der Waals surface area (Å²) in [5.74, 6) is -0.269. The van der Waals surface area contributed by atoms with E-state index >= 15 is 0 Å². The van der Waals surface area contributed by atoms with Gasteiger partial charge in [0.15, 0.2) is 0 Å². The van der Waals surface area contributed by atoms with Crippen molar-refractivity contribution in [1.29, 1.82) is 0 Å². The summed E-state index contributed by atoms with van der Waals surface area (Å²) in [6.45, 7) is 5.38. The van der Waals surface area contributed by atoms with Gasteiger partial charge in [0, 0.05) is 24.3 Å². The highest BCUT2D eigenvalue weighted by atomic mass is 32.2. The molecule has 0 aliphatic carbocycles. The van der Waals surface area contributed by atoms with Crippen LogP contribution < -0.4 is 5.32 Å². The van der Waals surface area contributed by atoms with Gasteiger partial charge in [0.25, 0.3) is 5.91 Å². The van der Waals surface area contributed by atoms with Gasteiger partial charge in [-0.3, -0.25) is 4.79 Å². The Morgan fingerprint density at radius 2 is 1.77 bits per heavy atom. The highest BCUT2D eigenvalue weighted by molar-refractivity contribution is 7.89. The third-order valence-corrected chi connectivity index (χ3v) is 6.36. The average Bonchev–Trinajstić information content (AvgIpc) is 2.65. The van der Waals surface area contributed by atoms with Gasteiger partial charge in [-0.25, -0.2) is 8.42 Å². The van der Waals surface area contributed by atoms with Gasteiger partial charge in [0.1, 0.15) is 0 Å². The lowest BCUT2D eigenvalue weighted by molar-refractivity contribution is 0.0730. The quantitative estimate of drug-likeness (QED) is 0.892. The molecule has 0 atom stereocenters. The summed E-state index contributed by atoms with van der Waals surface area (Å²) in [4.78, 5) is 12.6. The predicted octanol–water partition coefficient (Wildman–Crippen LogP) is 2.58. The van der Waals surface area contributed by atoms with Crippen molar-refractivity contribution in [3.05, 3.63) is 59.2 Å². The van der Waals surface area contributed by atoms with Crippen LogP contribution in [0.2, 0.25) is 0 Å². The molecule has 1 aliphatic heterocycles. The lowest BCUT2D eigenvalue weighted by Crippen LogP contribution is -2.40. The summed E-state index contributed by atoms with van der Waals surface area (Å²) >= 11 is 0. The Bertz CT molecular complexity index is 919. The molecule has 3 rings (SSSR count). The van der Waals surface area contributed by atoms with Crippen molar-refractivity contribution in [2.24, 2.45) is 0 Å². The maximum Gasteiger partial charge on any atom is 0.255 e. The Morgan fingerprint density at radius 1 is 1.04 bits per heavy atom. The number of carbonyl (C=O) groups excluding carboxylic acids is 1. The molecule has 0 radical (unpaired) electrons. The van der Waals surface area contributed by atoms with Gasteiger partial charge in [-0.05, 0) is 55.3 Å². The van der Waals surface area contributed by atoms with E-state index in [-0.39, 0.29) is 10.8 Å². The molecule has 0 unspecified atom stereocenters. The molecule has 2 aromatic carbocycles. The number of amides is 1. The highest BCUT2D eigenvalue weighted by Gasteiger charge is 2.26. The van der Waals surface area contributed by atoms with E-state index in [9.17, 15) is 13.2 Å². The van der Waals surface area contributed by atoms with Crippen LogP contribution in [0.5, 0.6) is 0 Å². The molecule has 26 heavy (non-hydrogen) atoms. The van der Waals surface area contributed by atoms with Gasteiger partial charge in [-0.2, -0.15) is 4.31 Å². The molecule has 0 bridgehead atoms. The number of morpholine rings is 1. The summed E-state index contributed by atoms with van der Waals surface area (Å²) in [6.07, 6.45) is 0. The molecule has 0 saturated carbocycles. The van der Waals surface area contributed by atoms with Crippen LogP contribution in [0.4, 0.5) is 5.69 Å². The largest absolute Gasteiger partial charge is 0.379 e. The Balaban J connectivity index is 1.80. The number of rotatable bonds is 4. The van der Waals surface area contributed by atoms with E-state index in [0.717, 1.165) is 11.1 Å². The van der Waals surface area contributed by atoms with Crippen molar-refractivity contribution in [1.82, 2.24) is 4.31 Å². The second-order valence-electron chi connectivity index (χ2n) is 6.30. The summed E-state index contributed by atoms with van der Waals surface area (Å²) < 4.78 is 32.1. The monoisotopic (exact) mass is 374 g/mol. The van der Waals surface area contributed by atoms with Crippen molar-refractivity contribution in [2.45, 2.75) is 18.7 Å². The van der Waals surface area contributed by atoms with Crippen LogP contribution in [-0.2, 0) is 14.8 Å². The molecule has 0 spiro atoms. The first-order chi connectivity index (χ1) is 12.4. The van der Waals surface area contributed by atoms with Crippen LogP contribution in [0.3, 0.4) is 0 Å². The maximum atomic E-state index is 12.7. The van der Waals surface area contributed by atoms with E-state index in [4.69, 9.17) is 4.74 Å². The topological polar surface area (TPSA) is 75.7 Å². The van der Waals surface area contributed by atoms with Crippen LogP contribution in [0, 0.1) is 13.8 Å². The number of hydrogen-bond acceptors (Lipinski definition) is 4. The van der Waals surface area contributed by atoms with E-state index in [1.165, 1.54) is 16.4 Å². The molecule has 1 amide bonds. The van der Waals surface area contributed by atoms with Gasteiger partial charge in [-0.1, -0.05) is 12.1 Å². The lowest BCUT2D eigenvalue weighted by atomic mass is 10.1. The van der Waals surface area contributed by atoms with E-state index in [0.29, 0.717) is 37.6 Å². The normalized spacial score (nSPS) is 15.6. The molecular formula is C19H22N2O4S. The number of benzene rings is 2. The fraction of sp³-hybridized carbons (Fsp3) is 0.316. The second-order valence-corrected chi connectivity index (χ2v) is 8.24. The molecule has 1 heterocycles. The number of hydrogen-bond donors (Lipinski definition) is 1. The summed E-state index contributed by atoms with van der Waals surface area (Å²) in [5, 5.41) is 2.77. The van der Waals surface area contributed by atoms with Crippen LogP contribution in [-0.4, -0.2) is 44.9 Å². The van der Waals surface area contributed by atoms with Gasteiger partial charge >= 0.3 is 0 Å². The minimum atomic E-state index is -3.60. The van der Waals surface area contributed by atoms with E-state index in [1.807, 2.05) is 26.0 Å². The van der Waals surface area contributed by atoms with Crippen LogP contribution in [0.1, 0.15) is 21.5 Å². The predicted molar refractivity (Wildman–Crippen MR) is 99.9 cm³/mol. The summed E-state index contributed by atoms with van der Waals surface area (Å²) in [6, 6.07) is 11.8. The third kappa shape index (κ3) is 3.95. The Labute approximate surface area is 153 Å². The highest BCUT2D eigenvalue weighted by Crippen LogP contribution is 2.21. The molecule has 1 saturated heterocycles. The molecule has 2 aromatic rings. The van der Waals surface area contributed by atoms with E-state index < -0.39 is 10.0 Å². The summed E-state index contributed by atoms with van der Waals surface area (Å²) in [7, 11) is -3.60. The first kappa shape index (κ1) is 18.6. The number of nitrogens with one attached hydrogen (secondary N) is 1. The van der Waals surface area contributed by atoms with E-state index in [2.05, 4.69) is 5.32 Å². The van der Waals surface area contributed by atoms with E-state index in [1.54, 1.807) is 18.2 Å². The van der Waals surface area contributed by atoms with Gasteiger partial charge in [-0.15, -0.1) is 0 Å². The zero-order chi connectivity index (χ0) is 18.7. The molecule has 7 heteroatoms. The Hall–Kier alpha value is -2.22. The smallest absolute Gasteiger partial charge is 0.255 e. The SMILES string of the molecule is Cc1ccc(C(=O)Nc2cccc(S(=O)(=O)N3CCOCC3)c2)cc1C. The van der Waals surface area contributed by atoms with Crippen molar-refractivity contribution < 1.29 is 17.9 Å². The Kier molecular flexibility index (Phi) is 5.41. The van der Waals surface area contributed by atoms with Crippen LogP contribution in [0.15, 0.2) is 47.4 Å². The zero-order valence-electron chi connectivity index (χ0n) is 14.9. The number of sulfonamides is 1. The number of anilines is 1. The second kappa shape index (κ2) is 7.57. The Morgan fingerprint density at radius 3 is 2.46 bits per heavy atom. The number of nitrogens with zero attached hydrogens (tertiary/aromatic N) is 1. The fourth-order valence-corrected chi connectivity index (χ4v) is 4.21. The van der Waals surface area contributed by atoms with Crippen LogP contribution in [0.25, 0.3) is 0 Å². The van der Waals surface area contributed by atoms with Crippen molar-refractivity contribution in [3.63, 3.8) is 0 Å². The fourth-order valence-electron chi connectivity index (χ4n) is 2.76. The molecule has 1 fully saturated rings. The lowest BCUT2D eigenvalue weighted by Gasteiger charge is -2.26. The minimum Gasteiger partial charge on any atom is -0.379 e. The average molecular weight is 374 g/mol. The molecule has 1 N–H and O–H groups in total. The van der Waals surface area contributed by atoms with Crippen molar-refractivity contribution >= 4 is 21.6 Å². The summed E-state index contributed by atoms with van der Waals surface area (Å²) in [5.41, 5.74) is 3.12. The zero-order valence-corrected chi connectivity index (χ0v) is 15.7. The number of aryl methyl sites for hydroxylation is 2. The molecule has 6 nitrogen and oxygen atoms in total. The first-order valence-corrected chi connectivity index (χ1v) is 9.88.